The van der Waals surface area contributed by atoms with Crippen LogP contribution in [0.15, 0.2) is 47.7 Å². The molecule has 0 spiro atoms. The van der Waals surface area contributed by atoms with Crippen LogP contribution in [0.4, 0.5) is 0 Å². The smallest absolute Gasteiger partial charge is 0.191 e. The van der Waals surface area contributed by atoms with Crippen molar-refractivity contribution < 1.29 is 5.11 Å². The van der Waals surface area contributed by atoms with Crippen molar-refractivity contribution in [2.75, 3.05) is 6.54 Å². The summed E-state index contributed by atoms with van der Waals surface area (Å²) in [6.45, 7) is 4.17. The van der Waals surface area contributed by atoms with E-state index in [1.807, 2.05) is 36.9 Å². The fraction of sp³-hybridized carbons (Fsp3) is 0.312. The van der Waals surface area contributed by atoms with E-state index < -0.39 is 0 Å². The highest BCUT2D eigenvalue weighted by Crippen LogP contribution is 2.09. The van der Waals surface area contributed by atoms with E-state index in [2.05, 4.69) is 27.9 Å². The quantitative estimate of drug-likeness (QED) is 0.582. The molecule has 21 heavy (non-hydrogen) atoms. The van der Waals surface area contributed by atoms with Gasteiger partial charge in [0, 0.05) is 32.5 Å². The number of guanidine groups is 1. The third kappa shape index (κ3) is 4.87. The minimum atomic E-state index is 0.281. The van der Waals surface area contributed by atoms with E-state index in [0.29, 0.717) is 13.1 Å². The monoisotopic (exact) mass is 286 g/mol. The first-order valence-corrected chi connectivity index (χ1v) is 7.08. The summed E-state index contributed by atoms with van der Waals surface area (Å²) in [5.74, 6) is 1.07. The predicted molar refractivity (Wildman–Crippen MR) is 85.2 cm³/mol. The van der Waals surface area contributed by atoms with Crippen molar-refractivity contribution in [2.45, 2.75) is 20.0 Å². The first kappa shape index (κ1) is 15.0. The number of aryl methyl sites for hydroxylation is 1. The Labute approximate surface area is 125 Å². The molecule has 1 aromatic heterocycles. The van der Waals surface area contributed by atoms with E-state index >= 15 is 0 Å². The van der Waals surface area contributed by atoms with Crippen LogP contribution in [0.5, 0.6) is 5.75 Å². The molecule has 112 valence electrons. The summed E-state index contributed by atoms with van der Waals surface area (Å²) in [5, 5.41) is 15.8. The molecule has 0 aliphatic carbocycles. The van der Waals surface area contributed by atoms with Crippen LogP contribution < -0.4 is 10.6 Å². The Bertz CT molecular complexity index is 587. The van der Waals surface area contributed by atoms with Crippen molar-refractivity contribution in [3.8, 4) is 5.75 Å². The Morgan fingerprint density at radius 1 is 1.14 bits per heavy atom. The van der Waals surface area contributed by atoms with Gasteiger partial charge in [0.2, 0.25) is 0 Å². The van der Waals surface area contributed by atoms with Crippen molar-refractivity contribution in [3.05, 3.63) is 53.9 Å². The Balaban J connectivity index is 1.93. The lowest BCUT2D eigenvalue weighted by molar-refractivity contribution is 0.475. The first-order valence-electron chi connectivity index (χ1n) is 7.08. The van der Waals surface area contributed by atoms with Crippen LogP contribution in [0.1, 0.15) is 18.1 Å². The third-order valence-electron chi connectivity index (χ3n) is 3.05. The zero-order chi connectivity index (χ0) is 15.1. The van der Waals surface area contributed by atoms with Gasteiger partial charge in [-0.05, 0) is 36.2 Å². The number of hydrogen-bond donors (Lipinski definition) is 3. The molecule has 5 nitrogen and oxygen atoms in total. The van der Waals surface area contributed by atoms with Gasteiger partial charge in [0.15, 0.2) is 5.96 Å². The molecular formula is C16H22N4O. The average Bonchev–Trinajstić information content (AvgIpc) is 2.89. The summed E-state index contributed by atoms with van der Waals surface area (Å²) in [4.78, 5) is 4.56. The van der Waals surface area contributed by atoms with Crippen LogP contribution in [-0.2, 0) is 20.1 Å². The first-order chi connectivity index (χ1) is 10.2. The number of aromatic hydroxyl groups is 1. The largest absolute Gasteiger partial charge is 0.508 e. The van der Waals surface area contributed by atoms with Gasteiger partial charge in [-0.3, -0.25) is 0 Å². The molecule has 0 radical (unpaired) electrons. The molecule has 1 aromatic carbocycles. The summed E-state index contributed by atoms with van der Waals surface area (Å²) in [6, 6.07) is 9.22. The molecule has 0 amide bonds. The highest BCUT2D eigenvalue weighted by Gasteiger charge is 1.99. The minimum Gasteiger partial charge on any atom is -0.508 e. The van der Waals surface area contributed by atoms with Crippen LogP contribution >= 0.6 is 0 Å². The maximum atomic E-state index is 9.27. The molecule has 0 unspecified atom stereocenters. The summed E-state index contributed by atoms with van der Waals surface area (Å²) in [5.41, 5.74) is 2.28. The second-order valence-corrected chi connectivity index (χ2v) is 4.90. The highest BCUT2D eigenvalue weighted by molar-refractivity contribution is 5.79. The molecule has 5 heteroatoms. The molecule has 0 fully saturated rings. The molecule has 2 rings (SSSR count). The molecule has 0 saturated heterocycles. The fourth-order valence-corrected chi connectivity index (χ4v) is 1.97. The summed E-state index contributed by atoms with van der Waals surface area (Å²) < 4.78 is 2.02. The Morgan fingerprint density at radius 2 is 1.90 bits per heavy atom. The Hall–Kier alpha value is -2.43. The minimum absolute atomic E-state index is 0.281. The van der Waals surface area contributed by atoms with Gasteiger partial charge in [-0.15, -0.1) is 0 Å². The van der Waals surface area contributed by atoms with Crippen molar-refractivity contribution in [2.24, 2.45) is 12.0 Å². The number of hydrogen-bond acceptors (Lipinski definition) is 2. The zero-order valence-electron chi connectivity index (χ0n) is 12.5. The van der Waals surface area contributed by atoms with E-state index in [4.69, 9.17) is 0 Å². The van der Waals surface area contributed by atoms with E-state index in [1.54, 1.807) is 12.1 Å². The van der Waals surface area contributed by atoms with E-state index in [-0.39, 0.29) is 5.75 Å². The predicted octanol–water partition coefficient (Wildman–Crippen LogP) is 1.99. The second kappa shape index (κ2) is 7.38. The molecule has 3 N–H and O–H groups in total. The lowest BCUT2D eigenvalue weighted by Crippen LogP contribution is -2.36. The third-order valence-corrected chi connectivity index (χ3v) is 3.05. The second-order valence-electron chi connectivity index (χ2n) is 4.90. The normalized spacial score (nSPS) is 11.4. The lowest BCUT2D eigenvalue weighted by Gasteiger charge is -2.11. The number of aliphatic imine (C=N–C) groups is 1. The molecular weight excluding hydrogens is 264 g/mol. The van der Waals surface area contributed by atoms with Crippen molar-refractivity contribution in [1.82, 2.24) is 15.2 Å². The molecule has 1 heterocycles. The van der Waals surface area contributed by atoms with Gasteiger partial charge < -0.3 is 20.3 Å². The van der Waals surface area contributed by atoms with Crippen molar-refractivity contribution in [3.63, 3.8) is 0 Å². The number of rotatable bonds is 5. The van der Waals surface area contributed by atoms with Crippen LogP contribution in [0.3, 0.4) is 0 Å². The molecule has 0 atom stereocenters. The van der Waals surface area contributed by atoms with Crippen LogP contribution in [-0.4, -0.2) is 22.2 Å². The summed E-state index contributed by atoms with van der Waals surface area (Å²) >= 11 is 0. The Kier molecular flexibility index (Phi) is 5.26. The van der Waals surface area contributed by atoms with E-state index in [1.165, 1.54) is 5.56 Å². The maximum absolute atomic E-state index is 9.27. The number of phenolic OH excluding ortho intramolecular Hbond substituents is 1. The van der Waals surface area contributed by atoms with Crippen molar-refractivity contribution >= 4 is 5.96 Å². The number of benzene rings is 1. The number of phenols is 1. The molecule has 2 aromatic rings. The number of nitrogens with one attached hydrogen (secondary N) is 2. The number of nitrogens with zero attached hydrogens (tertiary/aromatic N) is 2. The van der Waals surface area contributed by atoms with Crippen molar-refractivity contribution in [1.29, 1.82) is 0 Å². The summed E-state index contributed by atoms with van der Waals surface area (Å²) in [7, 11) is 2.00. The van der Waals surface area contributed by atoms with E-state index in [9.17, 15) is 5.11 Å². The molecule has 0 bridgehead atoms. The molecule has 0 aliphatic heterocycles. The molecule has 0 aliphatic rings. The maximum Gasteiger partial charge on any atom is 0.191 e. The average molecular weight is 286 g/mol. The van der Waals surface area contributed by atoms with Gasteiger partial charge >= 0.3 is 0 Å². The van der Waals surface area contributed by atoms with Gasteiger partial charge in [0.05, 0.1) is 6.54 Å². The van der Waals surface area contributed by atoms with Crippen LogP contribution in [0, 0.1) is 0 Å². The van der Waals surface area contributed by atoms with Gasteiger partial charge in [-0.1, -0.05) is 12.1 Å². The van der Waals surface area contributed by atoms with Gasteiger partial charge in [-0.25, -0.2) is 4.99 Å². The number of aromatic nitrogens is 1. The van der Waals surface area contributed by atoms with Gasteiger partial charge in [0.1, 0.15) is 5.75 Å². The van der Waals surface area contributed by atoms with Gasteiger partial charge in [0.25, 0.3) is 0 Å². The standard InChI is InChI=1S/C16H22N4O/c1-3-17-16(19-11-14-8-9-20(2)12-14)18-10-13-4-6-15(21)7-5-13/h4-9,12,21H,3,10-11H2,1-2H3,(H2,17,18,19). The van der Waals surface area contributed by atoms with Gasteiger partial charge in [-0.2, -0.15) is 0 Å². The lowest BCUT2D eigenvalue weighted by atomic mass is 10.2. The Morgan fingerprint density at radius 3 is 2.52 bits per heavy atom. The topological polar surface area (TPSA) is 61.6 Å². The molecule has 0 saturated carbocycles. The van der Waals surface area contributed by atoms with Crippen LogP contribution in [0.25, 0.3) is 0 Å². The van der Waals surface area contributed by atoms with E-state index in [0.717, 1.165) is 18.1 Å². The summed E-state index contributed by atoms with van der Waals surface area (Å²) in [6.07, 6.45) is 4.08. The zero-order valence-corrected chi connectivity index (χ0v) is 12.5. The highest BCUT2D eigenvalue weighted by atomic mass is 16.3. The van der Waals surface area contributed by atoms with Crippen LogP contribution in [0.2, 0.25) is 0 Å². The SMILES string of the molecule is CCNC(=NCc1ccn(C)c1)NCc1ccc(O)cc1. The fourth-order valence-electron chi connectivity index (χ4n) is 1.97.